The predicted octanol–water partition coefficient (Wildman–Crippen LogP) is 2.93. The van der Waals surface area contributed by atoms with Gasteiger partial charge in [-0.3, -0.25) is 0 Å². The van der Waals surface area contributed by atoms with Crippen LogP contribution in [0.4, 0.5) is 0 Å². The molecular weight excluding hydrogens is 330 g/mol. The Hall–Kier alpha value is -0.590. The number of rotatable bonds is 5. The van der Waals surface area contributed by atoms with Crippen molar-refractivity contribution in [1.29, 1.82) is 0 Å². The maximum atomic E-state index is 12.2. The highest BCUT2D eigenvalue weighted by atomic mass is 79.9. The first-order valence-electron chi connectivity index (χ1n) is 6.20. The summed E-state index contributed by atoms with van der Waals surface area (Å²) >= 11 is 3.30. The van der Waals surface area contributed by atoms with E-state index in [2.05, 4.69) is 27.6 Å². The molecule has 1 saturated carbocycles. The molecule has 6 heteroatoms. The molecule has 0 saturated heterocycles. The highest BCUT2D eigenvalue weighted by molar-refractivity contribution is 9.10. The van der Waals surface area contributed by atoms with Crippen LogP contribution in [0.15, 0.2) is 27.6 Å². The summed E-state index contributed by atoms with van der Waals surface area (Å²) in [7, 11) is -1.91. The lowest BCUT2D eigenvalue weighted by molar-refractivity contribution is 0.166. The van der Waals surface area contributed by atoms with E-state index in [4.69, 9.17) is 4.74 Å². The van der Waals surface area contributed by atoms with E-state index in [1.165, 1.54) is 6.42 Å². The Bertz CT molecular complexity index is 567. The van der Waals surface area contributed by atoms with Crippen LogP contribution < -0.4 is 9.46 Å². The van der Waals surface area contributed by atoms with Crippen molar-refractivity contribution in [3.63, 3.8) is 0 Å². The lowest BCUT2D eigenvalue weighted by atomic mass is 9.71. The average molecular weight is 348 g/mol. The minimum atomic E-state index is -3.45. The zero-order valence-corrected chi connectivity index (χ0v) is 13.5. The zero-order chi connectivity index (χ0) is 14.1. The first kappa shape index (κ1) is 14.8. The molecule has 0 aliphatic heterocycles. The van der Waals surface area contributed by atoms with Crippen molar-refractivity contribution >= 4 is 26.0 Å². The van der Waals surface area contributed by atoms with Gasteiger partial charge in [-0.15, -0.1) is 0 Å². The number of benzene rings is 1. The van der Waals surface area contributed by atoms with Crippen LogP contribution in [0.25, 0.3) is 0 Å². The molecule has 0 amide bonds. The van der Waals surface area contributed by atoms with Crippen LogP contribution in [0, 0.1) is 5.41 Å². The Kier molecular flexibility index (Phi) is 4.23. The van der Waals surface area contributed by atoms with Crippen LogP contribution in [0.3, 0.4) is 0 Å². The Morgan fingerprint density at radius 2 is 2.11 bits per heavy atom. The van der Waals surface area contributed by atoms with Gasteiger partial charge in [0.1, 0.15) is 5.75 Å². The zero-order valence-electron chi connectivity index (χ0n) is 11.1. The molecular formula is C13H18BrNO3S. The molecule has 0 aromatic heterocycles. The van der Waals surface area contributed by atoms with E-state index in [-0.39, 0.29) is 10.3 Å². The molecule has 2 rings (SSSR count). The van der Waals surface area contributed by atoms with Gasteiger partial charge in [0.15, 0.2) is 0 Å². The van der Waals surface area contributed by atoms with E-state index in [0.29, 0.717) is 16.8 Å². The van der Waals surface area contributed by atoms with Gasteiger partial charge in [-0.05, 0) is 52.4 Å². The third-order valence-corrected chi connectivity index (χ3v) is 5.70. The van der Waals surface area contributed by atoms with Crippen molar-refractivity contribution in [2.45, 2.75) is 31.1 Å². The number of sulfonamides is 1. The van der Waals surface area contributed by atoms with Crippen molar-refractivity contribution in [3.05, 3.63) is 22.7 Å². The quantitative estimate of drug-likeness (QED) is 0.890. The fourth-order valence-corrected chi connectivity index (χ4v) is 4.04. The lowest BCUT2D eigenvalue weighted by Gasteiger charge is -2.38. The van der Waals surface area contributed by atoms with Gasteiger partial charge in [-0.1, -0.05) is 13.3 Å². The van der Waals surface area contributed by atoms with Gasteiger partial charge in [0.05, 0.1) is 16.5 Å². The first-order valence-corrected chi connectivity index (χ1v) is 8.47. The molecule has 1 aliphatic rings. The summed E-state index contributed by atoms with van der Waals surface area (Å²) in [6.45, 7) is 2.61. The summed E-state index contributed by atoms with van der Waals surface area (Å²) in [5.74, 6) is 0.616. The molecule has 1 fully saturated rings. The molecule has 0 unspecified atom stereocenters. The standard InChI is InChI=1S/C13H18BrNO3S/c1-13(6-3-7-13)9-15-19(16,17)10-4-5-12(18-2)11(14)8-10/h4-5,8,15H,3,6-7,9H2,1-2H3. The van der Waals surface area contributed by atoms with Gasteiger partial charge in [-0.25, -0.2) is 13.1 Å². The third kappa shape index (κ3) is 3.30. The first-order chi connectivity index (χ1) is 8.86. The van der Waals surface area contributed by atoms with Crippen LogP contribution in [-0.2, 0) is 10.0 Å². The van der Waals surface area contributed by atoms with Crippen LogP contribution in [0.5, 0.6) is 5.75 Å². The second kappa shape index (κ2) is 5.42. The summed E-state index contributed by atoms with van der Waals surface area (Å²) in [6, 6.07) is 4.75. The molecule has 1 aliphatic carbocycles. The molecule has 0 bridgehead atoms. The summed E-state index contributed by atoms with van der Waals surface area (Å²) in [4.78, 5) is 0.253. The molecule has 0 spiro atoms. The predicted molar refractivity (Wildman–Crippen MR) is 77.8 cm³/mol. The normalized spacial score (nSPS) is 17.8. The SMILES string of the molecule is COc1ccc(S(=O)(=O)NCC2(C)CCC2)cc1Br. The average Bonchev–Trinajstić information content (AvgIpc) is 2.34. The van der Waals surface area contributed by atoms with Crippen LogP contribution in [0.2, 0.25) is 0 Å². The van der Waals surface area contributed by atoms with Gasteiger partial charge in [0.2, 0.25) is 10.0 Å². The minimum Gasteiger partial charge on any atom is -0.496 e. The van der Waals surface area contributed by atoms with Crippen molar-refractivity contribution in [2.24, 2.45) is 5.41 Å². The smallest absolute Gasteiger partial charge is 0.240 e. The van der Waals surface area contributed by atoms with Crippen molar-refractivity contribution < 1.29 is 13.2 Å². The molecule has 0 atom stereocenters. The highest BCUT2D eigenvalue weighted by Gasteiger charge is 2.33. The van der Waals surface area contributed by atoms with E-state index >= 15 is 0 Å². The summed E-state index contributed by atoms with van der Waals surface area (Å²) in [5, 5.41) is 0. The van der Waals surface area contributed by atoms with E-state index in [1.54, 1.807) is 25.3 Å². The molecule has 0 heterocycles. The van der Waals surface area contributed by atoms with Gasteiger partial charge in [-0.2, -0.15) is 0 Å². The van der Waals surface area contributed by atoms with Gasteiger partial charge in [0, 0.05) is 6.54 Å². The Morgan fingerprint density at radius 3 is 2.58 bits per heavy atom. The minimum absolute atomic E-state index is 0.122. The number of ether oxygens (including phenoxy) is 1. The molecule has 1 aromatic rings. The Balaban J connectivity index is 2.12. The van der Waals surface area contributed by atoms with E-state index < -0.39 is 10.0 Å². The largest absolute Gasteiger partial charge is 0.496 e. The fourth-order valence-electron chi connectivity index (χ4n) is 2.12. The maximum absolute atomic E-state index is 12.2. The van der Waals surface area contributed by atoms with Crippen molar-refractivity contribution in [3.8, 4) is 5.75 Å². The molecule has 1 aromatic carbocycles. The monoisotopic (exact) mass is 347 g/mol. The van der Waals surface area contributed by atoms with Gasteiger partial charge in [0.25, 0.3) is 0 Å². The number of nitrogens with one attached hydrogen (secondary N) is 1. The molecule has 1 N–H and O–H groups in total. The second-order valence-corrected chi connectivity index (χ2v) is 7.91. The van der Waals surface area contributed by atoms with Gasteiger partial charge < -0.3 is 4.74 Å². The molecule has 0 radical (unpaired) electrons. The van der Waals surface area contributed by atoms with Crippen molar-refractivity contribution in [2.75, 3.05) is 13.7 Å². The second-order valence-electron chi connectivity index (χ2n) is 5.29. The third-order valence-electron chi connectivity index (χ3n) is 3.68. The van der Waals surface area contributed by atoms with Crippen LogP contribution in [-0.4, -0.2) is 22.1 Å². The maximum Gasteiger partial charge on any atom is 0.240 e. The lowest BCUT2D eigenvalue weighted by Crippen LogP contribution is -2.39. The number of hydrogen-bond donors (Lipinski definition) is 1. The van der Waals surface area contributed by atoms with Crippen LogP contribution in [0.1, 0.15) is 26.2 Å². The van der Waals surface area contributed by atoms with E-state index in [1.807, 2.05) is 0 Å². The molecule has 19 heavy (non-hydrogen) atoms. The summed E-state index contributed by atoms with van der Waals surface area (Å²) < 4.78 is 32.8. The van der Waals surface area contributed by atoms with Crippen LogP contribution >= 0.6 is 15.9 Å². The summed E-state index contributed by atoms with van der Waals surface area (Å²) in [5.41, 5.74) is 0.122. The molecule has 4 nitrogen and oxygen atoms in total. The topological polar surface area (TPSA) is 55.4 Å². The van der Waals surface area contributed by atoms with Crippen molar-refractivity contribution in [1.82, 2.24) is 4.72 Å². The summed E-state index contributed by atoms with van der Waals surface area (Å²) in [6.07, 6.45) is 3.36. The number of methoxy groups -OCH3 is 1. The molecule has 106 valence electrons. The van der Waals surface area contributed by atoms with E-state index in [9.17, 15) is 8.42 Å². The number of hydrogen-bond acceptors (Lipinski definition) is 3. The number of halogens is 1. The fraction of sp³-hybridized carbons (Fsp3) is 0.538. The highest BCUT2D eigenvalue weighted by Crippen LogP contribution is 2.39. The Morgan fingerprint density at radius 1 is 1.42 bits per heavy atom. The Labute approximate surface area is 122 Å². The van der Waals surface area contributed by atoms with E-state index in [0.717, 1.165) is 12.8 Å². The van der Waals surface area contributed by atoms with Gasteiger partial charge >= 0.3 is 0 Å².